The Balaban J connectivity index is 1.26. The average molecular weight is 734 g/mol. The molecule has 7 aromatic carbocycles. The number of anilines is 3. The van der Waals surface area contributed by atoms with Crippen molar-refractivity contribution in [1.82, 2.24) is 0 Å². The quantitative estimate of drug-likeness (QED) is 0.0999. The van der Waals surface area contributed by atoms with E-state index in [0.29, 0.717) is 0 Å². The zero-order chi connectivity index (χ0) is 38.8. The Bertz CT molecular complexity index is 2740. The van der Waals surface area contributed by atoms with Gasteiger partial charge in [-0.2, -0.15) is 0 Å². The predicted octanol–water partition coefficient (Wildman–Crippen LogP) is 14.8. The zero-order valence-electron chi connectivity index (χ0n) is 32.8. The fraction of sp³-hybridized carbons (Fsp3) is 0.107. The summed E-state index contributed by atoms with van der Waals surface area (Å²) in [5.41, 5.74) is 17.9. The number of allylic oxidation sites excluding steroid dienone is 7. The minimum absolute atomic E-state index is 0.102. The molecule has 0 amide bonds. The van der Waals surface area contributed by atoms with E-state index >= 15 is 0 Å². The van der Waals surface area contributed by atoms with Crippen LogP contribution in [0.2, 0.25) is 0 Å². The number of nitrogens with zero attached hydrogens (tertiary/aromatic N) is 1. The van der Waals surface area contributed by atoms with Crippen molar-refractivity contribution >= 4 is 45.6 Å². The van der Waals surface area contributed by atoms with Crippen molar-refractivity contribution in [3.63, 3.8) is 0 Å². The Labute approximate surface area is 338 Å². The van der Waals surface area contributed by atoms with E-state index in [1.165, 1.54) is 83.4 Å². The topological polar surface area (TPSA) is 3.24 Å². The van der Waals surface area contributed by atoms with Crippen molar-refractivity contribution in [3.8, 4) is 11.1 Å². The molecule has 2 aliphatic carbocycles. The first-order valence-electron chi connectivity index (χ1n) is 20.1. The highest BCUT2D eigenvalue weighted by molar-refractivity contribution is 6.03. The molecule has 0 N–H and O–H groups in total. The fourth-order valence-corrected chi connectivity index (χ4v) is 9.16. The van der Waals surface area contributed by atoms with Gasteiger partial charge in [0.15, 0.2) is 0 Å². The van der Waals surface area contributed by atoms with Gasteiger partial charge in [0.05, 0.1) is 11.4 Å². The second-order valence-electron chi connectivity index (χ2n) is 15.6. The summed E-state index contributed by atoms with van der Waals surface area (Å²) < 4.78 is 0. The fourth-order valence-electron chi connectivity index (χ4n) is 9.16. The van der Waals surface area contributed by atoms with E-state index in [0.717, 1.165) is 24.9 Å². The van der Waals surface area contributed by atoms with Crippen LogP contribution in [0.4, 0.5) is 17.1 Å². The lowest BCUT2D eigenvalue weighted by atomic mass is 9.82. The first kappa shape index (κ1) is 36.0. The van der Waals surface area contributed by atoms with Gasteiger partial charge < -0.3 is 4.90 Å². The maximum atomic E-state index is 3.90. The van der Waals surface area contributed by atoms with Gasteiger partial charge in [-0.3, -0.25) is 0 Å². The van der Waals surface area contributed by atoms with Crippen molar-refractivity contribution in [2.75, 3.05) is 4.90 Å². The summed E-state index contributed by atoms with van der Waals surface area (Å²) in [5.74, 6) is 0. The average Bonchev–Trinajstić information content (AvgIpc) is 3.36. The molecule has 0 aromatic heterocycles. The highest BCUT2D eigenvalue weighted by Crippen LogP contribution is 2.55. The van der Waals surface area contributed by atoms with E-state index in [1.54, 1.807) is 0 Å². The van der Waals surface area contributed by atoms with Crippen molar-refractivity contribution < 1.29 is 0 Å². The van der Waals surface area contributed by atoms with Crippen LogP contribution in [0, 0.1) is 0 Å². The molecule has 0 aliphatic heterocycles. The molecule has 0 fully saturated rings. The molecule has 0 saturated carbocycles. The molecule has 276 valence electrons. The molecule has 1 heteroatoms. The van der Waals surface area contributed by atoms with Crippen LogP contribution in [0.1, 0.15) is 58.4 Å². The first-order chi connectivity index (χ1) is 28.0. The molecular weight excluding hydrogens is 687 g/mol. The molecule has 57 heavy (non-hydrogen) atoms. The third-order valence-electron chi connectivity index (χ3n) is 11.8. The predicted molar refractivity (Wildman–Crippen MR) is 246 cm³/mol. The summed E-state index contributed by atoms with van der Waals surface area (Å²) in [6, 6.07) is 55.8. The standard InChI is InChI=1S/C56H47N/c1-4-5-9-24-41-25-16-17-30-46(41)44(37-40-22-10-6-11-23-40)38-42-26-20-27-43-39-53(47-31-14-8-15-32-48(47)54(42)43)57(45-28-12-7-13-29-45)52-36-21-35-51-55(52)49-33-18-19-34-50(49)56(51,2)3/h4-23,25-31,33-37,39H,1,24,32,38H2,2-3H3/b9-5-,44-37-. The largest absolute Gasteiger partial charge is 0.309 e. The number of hydrogen-bond acceptors (Lipinski definition) is 1. The van der Waals surface area contributed by atoms with Gasteiger partial charge in [0.2, 0.25) is 0 Å². The number of para-hydroxylation sites is 1. The van der Waals surface area contributed by atoms with Crippen LogP contribution in [-0.2, 0) is 24.7 Å². The van der Waals surface area contributed by atoms with Crippen LogP contribution < -0.4 is 4.90 Å². The third-order valence-corrected chi connectivity index (χ3v) is 11.8. The maximum Gasteiger partial charge on any atom is 0.0543 e. The third kappa shape index (κ3) is 6.70. The summed E-state index contributed by atoms with van der Waals surface area (Å²) in [5, 5.41) is 2.59. The van der Waals surface area contributed by atoms with Crippen LogP contribution in [0.15, 0.2) is 195 Å². The lowest BCUT2D eigenvalue weighted by molar-refractivity contribution is 0.660. The monoisotopic (exact) mass is 733 g/mol. The Morgan fingerprint density at radius 1 is 0.702 bits per heavy atom. The first-order valence-corrected chi connectivity index (χ1v) is 20.1. The summed E-state index contributed by atoms with van der Waals surface area (Å²) in [6.45, 7) is 8.63. The van der Waals surface area contributed by atoms with E-state index in [4.69, 9.17) is 0 Å². The van der Waals surface area contributed by atoms with Crippen LogP contribution in [0.25, 0.3) is 39.6 Å². The van der Waals surface area contributed by atoms with Crippen LogP contribution >= 0.6 is 0 Å². The summed E-state index contributed by atoms with van der Waals surface area (Å²) in [6.07, 6.45) is 20.0. The second kappa shape index (κ2) is 15.4. The lowest BCUT2D eigenvalue weighted by Gasteiger charge is -2.31. The SMILES string of the molecule is C=C/C=C\Cc1ccccc1/C(=C\c1ccccc1)Cc1cccc2cc(N(c3ccccc3)c3cccc4c3-c3ccccc3C4(C)C)c3c(c12)CC=CC=C3. The van der Waals surface area contributed by atoms with E-state index in [-0.39, 0.29) is 5.41 Å². The van der Waals surface area contributed by atoms with Crippen molar-refractivity contribution in [3.05, 3.63) is 239 Å². The number of hydrogen-bond donors (Lipinski definition) is 0. The minimum Gasteiger partial charge on any atom is -0.309 e. The molecule has 0 heterocycles. The summed E-state index contributed by atoms with van der Waals surface area (Å²) >= 11 is 0. The smallest absolute Gasteiger partial charge is 0.0543 e. The molecule has 0 spiro atoms. The van der Waals surface area contributed by atoms with Gasteiger partial charge in [-0.15, -0.1) is 0 Å². The molecule has 2 aliphatic rings. The summed E-state index contributed by atoms with van der Waals surface area (Å²) in [4.78, 5) is 2.52. The molecule has 1 nitrogen and oxygen atoms in total. The molecular formula is C56H47N. The molecule has 0 saturated heterocycles. The minimum atomic E-state index is -0.102. The van der Waals surface area contributed by atoms with Gasteiger partial charge >= 0.3 is 0 Å². The van der Waals surface area contributed by atoms with Crippen LogP contribution in [0.5, 0.6) is 0 Å². The van der Waals surface area contributed by atoms with Crippen LogP contribution in [0.3, 0.4) is 0 Å². The molecule has 0 unspecified atom stereocenters. The van der Waals surface area contributed by atoms with Gasteiger partial charge in [-0.1, -0.05) is 196 Å². The van der Waals surface area contributed by atoms with Crippen molar-refractivity contribution in [2.24, 2.45) is 0 Å². The normalized spacial score (nSPS) is 14.0. The molecule has 9 rings (SSSR count). The van der Waals surface area contributed by atoms with Gasteiger partial charge in [0.25, 0.3) is 0 Å². The molecule has 7 aromatic rings. The highest BCUT2D eigenvalue weighted by Gasteiger charge is 2.38. The Morgan fingerprint density at radius 2 is 1.42 bits per heavy atom. The van der Waals surface area contributed by atoms with E-state index in [9.17, 15) is 0 Å². The number of benzene rings is 7. The Hall–Kier alpha value is -6.70. The van der Waals surface area contributed by atoms with Crippen LogP contribution in [-0.4, -0.2) is 0 Å². The number of fused-ring (bicyclic) bond motifs is 6. The molecule has 0 radical (unpaired) electrons. The lowest BCUT2D eigenvalue weighted by Crippen LogP contribution is -2.16. The van der Waals surface area contributed by atoms with Gasteiger partial charge in [-0.25, -0.2) is 0 Å². The maximum absolute atomic E-state index is 3.90. The second-order valence-corrected chi connectivity index (χ2v) is 15.6. The molecule has 0 bridgehead atoms. The zero-order valence-corrected chi connectivity index (χ0v) is 32.8. The molecule has 0 atom stereocenters. The summed E-state index contributed by atoms with van der Waals surface area (Å²) in [7, 11) is 0. The van der Waals surface area contributed by atoms with Crippen molar-refractivity contribution in [1.29, 1.82) is 0 Å². The van der Waals surface area contributed by atoms with Crippen molar-refractivity contribution in [2.45, 2.75) is 38.5 Å². The highest BCUT2D eigenvalue weighted by atomic mass is 15.1. The van der Waals surface area contributed by atoms with Gasteiger partial charge in [0.1, 0.15) is 0 Å². The number of rotatable bonds is 10. The van der Waals surface area contributed by atoms with E-state index < -0.39 is 0 Å². The van der Waals surface area contributed by atoms with E-state index in [2.05, 4.69) is 213 Å². The Morgan fingerprint density at radius 3 is 2.26 bits per heavy atom. The Kier molecular flexibility index (Phi) is 9.74. The van der Waals surface area contributed by atoms with Gasteiger partial charge in [0, 0.05) is 22.2 Å². The van der Waals surface area contributed by atoms with Gasteiger partial charge in [-0.05, 0) is 104 Å². The van der Waals surface area contributed by atoms with E-state index in [1.807, 2.05) is 12.2 Å².